The van der Waals surface area contributed by atoms with E-state index in [1.807, 2.05) is 158 Å². The molecule has 234 valence electrons. The molecule has 6 aromatic rings. The molecule has 0 radical (unpaired) electrons. The van der Waals surface area contributed by atoms with Crippen molar-refractivity contribution in [2.24, 2.45) is 0 Å². The van der Waals surface area contributed by atoms with E-state index in [1.54, 1.807) is 24.3 Å². The molecular formula is C46H38O2. The van der Waals surface area contributed by atoms with E-state index in [-0.39, 0.29) is 11.6 Å². The molecule has 2 heteroatoms. The SMILES string of the molecule is O=C(C=Cc1ccccc1)C=Cc1ccccc1.O=C(C=Cc1ccccc1)C=Cc1ccccc1.c1ccc(-c2ccccc2)cc1. The third-order valence-electron chi connectivity index (χ3n) is 6.84. The number of carbonyl (C=O) groups is 2. The summed E-state index contributed by atoms with van der Waals surface area (Å²) in [5.41, 5.74) is 6.66. The van der Waals surface area contributed by atoms with Crippen molar-refractivity contribution in [3.63, 3.8) is 0 Å². The van der Waals surface area contributed by atoms with Crippen LogP contribution in [-0.4, -0.2) is 11.6 Å². The number of carbonyl (C=O) groups excluding carboxylic acids is 2. The maximum Gasteiger partial charge on any atom is 0.178 e. The Morgan fingerprint density at radius 2 is 0.458 bits per heavy atom. The van der Waals surface area contributed by atoms with Crippen molar-refractivity contribution in [2.45, 2.75) is 0 Å². The Morgan fingerprint density at radius 1 is 0.271 bits per heavy atom. The molecule has 48 heavy (non-hydrogen) atoms. The van der Waals surface area contributed by atoms with Crippen molar-refractivity contribution in [3.8, 4) is 11.1 Å². The van der Waals surface area contributed by atoms with Crippen molar-refractivity contribution in [1.82, 2.24) is 0 Å². The van der Waals surface area contributed by atoms with Crippen LogP contribution in [0.25, 0.3) is 35.4 Å². The van der Waals surface area contributed by atoms with Gasteiger partial charge in [-0.05, 0) is 57.7 Å². The summed E-state index contributed by atoms with van der Waals surface area (Å²) in [4.78, 5) is 23.2. The first-order valence-corrected chi connectivity index (χ1v) is 15.8. The number of allylic oxidation sites excluding steroid dienone is 4. The highest BCUT2D eigenvalue weighted by Crippen LogP contribution is 2.17. The quantitative estimate of drug-likeness (QED) is 0.150. The van der Waals surface area contributed by atoms with E-state index in [2.05, 4.69) is 48.5 Å². The molecule has 0 aromatic heterocycles. The third-order valence-corrected chi connectivity index (χ3v) is 6.84. The molecule has 0 fully saturated rings. The fourth-order valence-electron chi connectivity index (χ4n) is 4.34. The van der Waals surface area contributed by atoms with Gasteiger partial charge in [0.15, 0.2) is 11.6 Å². The van der Waals surface area contributed by atoms with Gasteiger partial charge in [0.05, 0.1) is 0 Å². The van der Waals surface area contributed by atoms with Crippen LogP contribution < -0.4 is 0 Å². The predicted octanol–water partition coefficient (Wildman–Crippen LogP) is 11.3. The lowest BCUT2D eigenvalue weighted by Crippen LogP contribution is -1.84. The topological polar surface area (TPSA) is 34.1 Å². The van der Waals surface area contributed by atoms with Crippen LogP contribution in [0.5, 0.6) is 0 Å². The standard InChI is InChI=1S/2C17H14O.C12H10/c2*18-17(13-11-15-7-3-1-4-8-15)14-12-16-9-5-2-6-10-16;1-3-7-11(8-4-1)12-9-5-2-6-10-12/h2*1-14H;1-10H. The van der Waals surface area contributed by atoms with Crippen molar-refractivity contribution < 1.29 is 9.59 Å². The molecule has 0 amide bonds. The first kappa shape index (κ1) is 34.5. The van der Waals surface area contributed by atoms with Gasteiger partial charge in [-0.3, -0.25) is 9.59 Å². The maximum absolute atomic E-state index is 11.6. The molecule has 0 heterocycles. The Hall–Kier alpha value is -6.38. The zero-order chi connectivity index (χ0) is 33.5. The van der Waals surface area contributed by atoms with Crippen molar-refractivity contribution in [3.05, 3.63) is 229 Å². The van der Waals surface area contributed by atoms with E-state index < -0.39 is 0 Å². The number of hydrogen-bond acceptors (Lipinski definition) is 2. The van der Waals surface area contributed by atoms with Gasteiger partial charge in [-0.25, -0.2) is 0 Å². The Balaban J connectivity index is 0.000000166. The minimum atomic E-state index is -0.0114. The zero-order valence-electron chi connectivity index (χ0n) is 26.8. The lowest BCUT2D eigenvalue weighted by atomic mass is 10.1. The van der Waals surface area contributed by atoms with Gasteiger partial charge in [0, 0.05) is 0 Å². The molecule has 0 aliphatic heterocycles. The van der Waals surface area contributed by atoms with Gasteiger partial charge in [0.2, 0.25) is 0 Å². The molecule has 0 saturated carbocycles. The van der Waals surface area contributed by atoms with Crippen LogP contribution in [0.2, 0.25) is 0 Å². The summed E-state index contributed by atoms with van der Waals surface area (Å²) in [6.07, 6.45) is 13.6. The van der Waals surface area contributed by atoms with Crippen molar-refractivity contribution in [2.75, 3.05) is 0 Å². The number of benzene rings is 6. The molecule has 6 rings (SSSR count). The molecule has 0 N–H and O–H groups in total. The van der Waals surface area contributed by atoms with Crippen LogP contribution in [0, 0.1) is 0 Å². The van der Waals surface area contributed by atoms with E-state index >= 15 is 0 Å². The van der Waals surface area contributed by atoms with Gasteiger partial charge in [-0.1, -0.05) is 206 Å². The molecule has 0 spiro atoms. The Bertz CT molecular complexity index is 1640. The summed E-state index contributed by atoms with van der Waals surface area (Å²) in [5.74, 6) is -0.0228. The Morgan fingerprint density at radius 3 is 0.667 bits per heavy atom. The second-order valence-corrected chi connectivity index (χ2v) is 10.5. The smallest absolute Gasteiger partial charge is 0.178 e. The highest BCUT2D eigenvalue weighted by molar-refractivity contribution is 6.05. The average molecular weight is 623 g/mol. The minimum Gasteiger partial charge on any atom is -0.290 e. The summed E-state index contributed by atoms with van der Waals surface area (Å²) in [6, 6.07) is 59.9. The monoisotopic (exact) mass is 622 g/mol. The summed E-state index contributed by atoms with van der Waals surface area (Å²) in [6.45, 7) is 0. The molecule has 0 saturated heterocycles. The van der Waals surface area contributed by atoms with Crippen molar-refractivity contribution >= 4 is 35.9 Å². The van der Waals surface area contributed by atoms with Crippen LogP contribution in [-0.2, 0) is 9.59 Å². The van der Waals surface area contributed by atoms with Crippen LogP contribution >= 0.6 is 0 Å². The fraction of sp³-hybridized carbons (Fsp3) is 0. The summed E-state index contributed by atoms with van der Waals surface area (Å²) >= 11 is 0. The van der Waals surface area contributed by atoms with Gasteiger partial charge >= 0.3 is 0 Å². The number of rotatable bonds is 9. The van der Waals surface area contributed by atoms with Gasteiger partial charge < -0.3 is 0 Å². The maximum atomic E-state index is 11.6. The second-order valence-electron chi connectivity index (χ2n) is 10.5. The zero-order valence-corrected chi connectivity index (χ0v) is 26.8. The first-order valence-electron chi connectivity index (χ1n) is 15.8. The van der Waals surface area contributed by atoms with Crippen LogP contribution in [0.4, 0.5) is 0 Å². The third kappa shape index (κ3) is 13.7. The minimum absolute atomic E-state index is 0.0114. The van der Waals surface area contributed by atoms with Gasteiger partial charge in [-0.15, -0.1) is 0 Å². The van der Waals surface area contributed by atoms with Crippen molar-refractivity contribution in [1.29, 1.82) is 0 Å². The average Bonchev–Trinajstić information content (AvgIpc) is 3.17. The lowest BCUT2D eigenvalue weighted by Gasteiger charge is -1.98. The Labute approximate surface area is 284 Å². The lowest BCUT2D eigenvalue weighted by molar-refractivity contribution is -0.111. The van der Waals surface area contributed by atoms with E-state index in [0.717, 1.165) is 22.3 Å². The van der Waals surface area contributed by atoms with E-state index in [0.29, 0.717) is 0 Å². The second kappa shape index (κ2) is 20.6. The molecule has 6 aromatic carbocycles. The highest BCUT2D eigenvalue weighted by Gasteiger charge is 1.93. The molecule has 0 atom stereocenters. The van der Waals surface area contributed by atoms with Crippen LogP contribution in [0.3, 0.4) is 0 Å². The van der Waals surface area contributed by atoms with E-state index in [9.17, 15) is 9.59 Å². The Kier molecular flexibility index (Phi) is 14.8. The largest absolute Gasteiger partial charge is 0.290 e. The van der Waals surface area contributed by atoms with E-state index in [1.165, 1.54) is 11.1 Å². The van der Waals surface area contributed by atoms with Gasteiger partial charge in [0.25, 0.3) is 0 Å². The number of ketones is 2. The molecular weight excluding hydrogens is 585 g/mol. The molecule has 2 nitrogen and oxygen atoms in total. The summed E-state index contributed by atoms with van der Waals surface area (Å²) in [7, 11) is 0. The first-order chi connectivity index (χ1) is 23.7. The molecule has 0 aliphatic rings. The van der Waals surface area contributed by atoms with Crippen LogP contribution in [0.1, 0.15) is 22.3 Å². The molecule has 0 unspecified atom stereocenters. The predicted molar refractivity (Wildman–Crippen MR) is 204 cm³/mol. The summed E-state index contributed by atoms with van der Waals surface area (Å²) in [5, 5.41) is 0. The summed E-state index contributed by atoms with van der Waals surface area (Å²) < 4.78 is 0. The fourth-order valence-corrected chi connectivity index (χ4v) is 4.34. The normalized spacial score (nSPS) is 10.8. The number of hydrogen-bond donors (Lipinski definition) is 0. The highest BCUT2D eigenvalue weighted by atomic mass is 16.1. The van der Waals surface area contributed by atoms with Gasteiger partial charge in [-0.2, -0.15) is 0 Å². The molecule has 0 bridgehead atoms. The molecule has 0 aliphatic carbocycles. The van der Waals surface area contributed by atoms with Gasteiger partial charge in [0.1, 0.15) is 0 Å². The van der Waals surface area contributed by atoms with Crippen LogP contribution in [0.15, 0.2) is 206 Å². The van der Waals surface area contributed by atoms with E-state index in [4.69, 9.17) is 0 Å².